The van der Waals surface area contributed by atoms with E-state index < -0.39 is 0 Å². The summed E-state index contributed by atoms with van der Waals surface area (Å²) in [4.78, 5) is 18.1. The van der Waals surface area contributed by atoms with Crippen LogP contribution in [0.4, 0.5) is 5.82 Å². The minimum absolute atomic E-state index is 0.0314. The molecule has 1 unspecified atom stereocenters. The third-order valence-corrected chi connectivity index (χ3v) is 3.16. The number of carbonyl (C=O) groups excluding carboxylic acids is 1. The Bertz CT molecular complexity index is 372. The van der Waals surface area contributed by atoms with Crippen molar-refractivity contribution in [3.8, 4) is 0 Å². The van der Waals surface area contributed by atoms with E-state index in [1.165, 1.54) is 0 Å². The number of hydrogen-bond donors (Lipinski definition) is 0. The summed E-state index contributed by atoms with van der Waals surface area (Å²) in [6.07, 6.45) is 5.12. The van der Waals surface area contributed by atoms with Crippen molar-refractivity contribution in [1.82, 2.24) is 4.98 Å². The maximum Gasteiger partial charge on any atom is 0.152 e. The van der Waals surface area contributed by atoms with Crippen LogP contribution in [0.1, 0.15) is 31.7 Å². The van der Waals surface area contributed by atoms with Crippen LogP contribution < -0.4 is 4.90 Å². The first kappa shape index (κ1) is 11.1. The zero-order valence-electron chi connectivity index (χ0n) is 9.94. The Morgan fingerprint density at radius 2 is 2.25 bits per heavy atom. The van der Waals surface area contributed by atoms with E-state index >= 15 is 0 Å². The highest BCUT2D eigenvalue weighted by Gasteiger charge is 2.26. The van der Waals surface area contributed by atoms with Gasteiger partial charge in [0.2, 0.25) is 0 Å². The van der Waals surface area contributed by atoms with Crippen LogP contribution in [0, 0.1) is 6.92 Å². The normalized spacial score (nSPS) is 20.9. The second kappa shape index (κ2) is 4.64. The third kappa shape index (κ3) is 2.23. The third-order valence-electron chi connectivity index (χ3n) is 3.16. The van der Waals surface area contributed by atoms with Gasteiger partial charge in [-0.3, -0.25) is 4.79 Å². The quantitative estimate of drug-likeness (QED) is 0.764. The molecular weight excluding hydrogens is 200 g/mol. The number of piperidine rings is 1. The van der Waals surface area contributed by atoms with Gasteiger partial charge in [0, 0.05) is 12.7 Å². The van der Waals surface area contributed by atoms with Crippen molar-refractivity contribution in [2.45, 2.75) is 39.2 Å². The molecule has 1 aliphatic rings. The molecule has 1 fully saturated rings. The van der Waals surface area contributed by atoms with Gasteiger partial charge in [-0.2, -0.15) is 0 Å². The summed E-state index contributed by atoms with van der Waals surface area (Å²) < 4.78 is 0. The Morgan fingerprint density at radius 1 is 1.44 bits per heavy atom. The van der Waals surface area contributed by atoms with Crippen molar-refractivity contribution >= 4 is 11.6 Å². The molecule has 1 atom stereocenters. The number of aromatic nitrogens is 1. The van der Waals surface area contributed by atoms with Gasteiger partial charge < -0.3 is 4.90 Å². The van der Waals surface area contributed by atoms with Crippen LogP contribution >= 0.6 is 0 Å². The van der Waals surface area contributed by atoms with Crippen molar-refractivity contribution in [2.24, 2.45) is 0 Å². The predicted octanol–water partition coefficient (Wildman–Crippen LogP) is 2.34. The van der Waals surface area contributed by atoms with E-state index in [9.17, 15) is 4.79 Å². The molecule has 0 spiro atoms. The van der Waals surface area contributed by atoms with Crippen LogP contribution in [0.25, 0.3) is 0 Å². The van der Waals surface area contributed by atoms with Gasteiger partial charge >= 0.3 is 0 Å². The van der Waals surface area contributed by atoms with E-state index in [2.05, 4.69) is 9.88 Å². The molecule has 0 radical (unpaired) electrons. The van der Waals surface area contributed by atoms with Crippen LogP contribution in [0.3, 0.4) is 0 Å². The summed E-state index contributed by atoms with van der Waals surface area (Å²) in [5.41, 5.74) is 1.15. The van der Waals surface area contributed by atoms with Gasteiger partial charge in [-0.1, -0.05) is 6.07 Å². The van der Waals surface area contributed by atoms with Crippen LogP contribution in [0.15, 0.2) is 18.3 Å². The topological polar surface area (TPSA) is 33.2 Å². The van der Waals surface area contributed by atoms with Gasteiger partial charge in [0.1, 0.15) is 5.82 Å². The van der Waals surface area contributed by atoms with Crippen molar-refractivity contribution < 1.29 is 4.79 Å². The highest BCUT2D eigenvalue weighted by molar-refractivity contribution is 5.84. The fraction of sp³-hybridized carbons (Fsp3) is 0.538. The molecule has 1 aromatic rings. The molecule has 0 aromatic carbocycles. The van der Waals surface area contributed by atoms with E-state index in [1.807, 2.05) is 25.3 Å². The SMILES string of the molecule is CC(=O)C1CCCCN1c1ccc(C)cn1. The Hall–Kier alpha value is -1.38. The highest BCUT2D eigenvalue weighted by Crippen LogP contribution is 2.23. The number of aryl methyl sites for hydroxylation is 1. The second-order valence-electron chi connectivity index (χ2n) is 4.51. The van der Waals surface area contributed by atoms with Crippen LogP contribution in [0.2, 0.25) is 0 Å². The lowest BCUT2D eigenvalue weighted by atomic mass is 9.99. The van der Waals surface area contributed by atoms with Crippen molar-refractivity contribution in [1.29, 1.82) is 0 Å². The molecule has 86 valence electrons. The number of nitrogens with zero attached hydrogens (tertiary/aromatic N) is 2. The summed E-state index contributed by atoms with van der Waals surface area (Å²) in [7, 11) is 0. The van der Waals surface area contributed by atoms with Gasteiger partial charge in [-0.25, -0.2) is 4.98 Å². The van der Waals surface area contributed by atoms with Gasteiger partial charge in [-0.15, -0.1) is 0 Å². The van der Waals surface area contributed by atoms with E-state index in [-0.39, 0.29) is 11.8 Å². The Balaban J connectivity index is 2.23. The smallest absolute Gasteiger partial charge is 0.152 e. The first-order valence-corrected chi connectivity index (χ1v) is 5.88. The van der Waals surface area contributed by atoms with Crippen LogP contribution in [-0.2, 0) is 4.79 Å². The minimum Gasteiger partial charge on any atom is -0.347 e. The highest BCUT2D eigenvalue weighted by atomic mass is 16.1. The maximum absolute atomic E-state index is 11.6. The van der Waals surface area contributed by atoms with E-state index in [0.29, 0.717) is 0 Å². The largest absolute Gasteiger partial charge is 0.347 e. The van der Waals surface area contributed by atoms with Crippen molar-refractivity contribution in [3.63, 3.8) is 0 Å². The fourth-order valence-electron chi connectivity index (χ4n) is 2.26. The number of anilines is 1. The molecule has 0 bridgehead atoms. The monoisotopic (exact) mass is 218 g/mol. The number of pyridine rings is 1. The summed E-state index contributed by atoms with van der Waals surface area (Å²) in [5, 5.41) is 0. The lowest BCUT2D eigenvalue weighted by Crippen LogP contribution is -2.44. The fourth-order valence-corrected chi connectivity index (χ4v) is 2.26. The first-order chi connectivity index (χ1) is 7.68. The molecular formula is C13H18N2O. The molecule has 16 heavy (non-hydrogen) atoms. The standard InChI is InChI=1S/C13H18N2O/c1-10-6-7-13(14-9-10)15-8-4-3-5-12(15)11(2)16/h6-7,9,12H,3-5,8H2,1-2H3. The first-order valence-electron chi connectivity index (χ1n) is 5.88. The van der Waals surface area contributed by atoms with E-state index in [0.717, 1.165) is 37.2 Å². The Morgan fingerprint density at radius 3 is 2.88 bits per heavy atom. The van der Waals surface area contributed by atoms with E-state index in [1.54, 1.807) is 6.92 Å². The Labute approximate surface area is 96.5 Å². The molecule has 0 saturated carbocycles. The second-order valence-corrected chi connectivity index (χ2v) is 4.51. The van der Waals surface area contributed by atoms with Crippen LogP contribution in [0.5, 0.6) is 0 Å². The van der Waals surface area contributed by atoms with Gasteiger partial charge in [0.15, 0.2) is 5.78 Å². The van der Waals surface area contributed by atoms with E-state index in [4.69, 9.17) is 0 Å². The summed E-state index contributed by atoms with van der Waals surface area (Å²) in [6.45, 7) is 4.65. The summed E-state index contributed by atoms with van der Waals surface area (Å²) in [6, 6.07) is 4.09. The summed E-state index contributed by atoms with van der Waals surface area (Å²) in [5.74, 6) is 1.19. The molecule has 1 aromatic heterocycles. The molecule has 1 saturated heterocycles. The molecule has 3 nitrogen and oxygen atoms in total. The number of rotatable bonds is 2. The maximum atomic E-state index is 11.6. The number of Topliss-reactive ketones (excluding diaryl/α,β-unsaturated/α-hetero) is 1. The number of ketones is 1. The lowest BCUT2D eigenvalue weighted by Gasteiger charge is -2.35. The Kier molecular flexibility index (Phi) is 3.22. The van der Waals surface area contributed by atoms with Gasteiger partial charge in [0.05, 0.1) is 6.04 Å². The molecule has 3 heteroatoms. The van der Waals surface area contributed by atoms with Gasteiger partial charge in [0.25, 0.3) is 0 Å². The molecule has 2 rings (SSSR count). The van der Waals surface area contributed by atoms with Crippen molar-refractivity contribution in [3.05, 3.63) is 23.9 Å². The number of carbonyl (C=O) groups is 1. The molecule has 2 heterocycles. The summed E-state index contributed by atoms with van der Waals surface area (Å²) >= 11 is 0. The lowest BCUT2D eigenvalue weighted by molar-refractivity contribution is -0.118. The average Bonchev–Trinajstić information content (AvgIpc) is 2.30. The van der Waals surface area contributed by atoms with Crippen molar-refractivity contribution in [2.75, 3.05) is 11.4 Å². The molecule has 0 aliphatic carbocycles. The zero-order chi connectivity index (χ0) is 11.5. The zero-order valence-corrected chi connectivity index (χ0v) is 9.94. The number of hydrogen-bond acceptors (Lipinski definition) is 3. The molecule has 0 amide bonds. The average molecular weight is 218 g/mol. The molecule has 1 aliphatic heterocycles. The van der Waals surface area contributed by atoms with Crippen LogP contribution in [-0.4, -0.2) is 23.4 Å². The minimum atomic E-state index is 0.0314. The van der Waals surface area contributed by atoms with Gasteiger partial charge in [-0.05, 0) is 44.7 Å². The molecule has 0 N–H and O–H groups in total. The predicted molar refractivity (Wildman–Crippen MR) is 64.6 cm³/mol.